The van der Waals surface area contributed by atoms with Crippen LogP contribution in [0.2, 0.25) is 4.34 Å². The number of carbonyl (C=O) groups excluding carboxylic acids is 1. The highest BCUT2D eigenvalue weighted by Crippen LogP contribution is 2.29. The van der Waals surface area contributed by atoms with E-state index in [1.165, 1.54) is 15.3 Å². The minimum Gasteiger partial charge on any atom is -0.349 e. The normalized spacial score (nSPS) is 15.8. The quantitative estimate of drug-likeness (QED) is 0.466. The van der Waals surface area contributed by atoms with Gasteiger partial charge in [0.2, 0.25) is 0 Å². The van der Waals surface area contributed by atoms with Crippen molar-refractivity contribution in [3.63, 3.8) is 0 Å². The summed E-state index contributed by atoms with van der Waals surface area (Å²) in [6.07, 6.45) is 2.63. The van der Waals surface area contributed by atoms with Crippen LogP contribution in [0.25, 0.3) is 6.08 Å². The summed E-state index contributed by atoms with van der Waals surface area (Å²) in [7, 11) is -3.63. The summed E-state index contributed by atoms with van der Waals surface area (Å²) in [6.45, 7) is 7.78. The first-order valence-corrected chi connectivity index (χ1v) is 12.7. The number of halogens is 1. The van der Waals surface area contributed by atoms with Gasteiger partial charge in [0.15, 0.2) is 0 Å². The molecule has 0 radical (unpaired) electrons. The number of thiophene rings is 1. The fourth-order valence-electron chi connectivity index (χ4n) is 3.70. The summed E-state index contributed by atoms with van der Waals surface area (Å²) in [6, 6.07) is 7.05. The number of hydrogen-bond acceptors (Lipinski definition) is 5. The highest BCUT2D eigenvalue weighted by Gasteiger charge is 2.32. The molecule has 3 rings (SSSR count). The average Bonchev–Trinajstić information content (AvgIpc) is 3.31. The SMILES string of the molecule is CCCn1c(C)cc(/C=C(\C#N)C(=O)N2CCN(S(=O)(=O)c3ccc(Cl)s3)CC2)c1C. The van der Waals surface area contributed by atoms with Gasteiger partial charge in [-0.15, -0.1) is 11.3 Å². The summed E-state index contributed by atoms with van der Waals surface area (Å²) in [5.41, 5.74) is 3.01. The molecule has 2 aromatic heterocycles. The minimum absolute atomic E-state index is 0.0538. The Kier molecular flexibility index (Phi) is 7.27. The molecule has 0 atom stereocenters. The van der Waals surface area contributed by atoms with Crippen LogP contribution >= 0.6 is 22.9 Å². The first-order valence-electron chi connectivity index (χ1n) is 10.0. The second kappa shape index (κ2) is 9.57. The average molecular weight is 481 g/mol. The largest absolute Gasteiger partial charge is 0.349 e. The molecule has 1 saturated heterocycles. The molecule has 31 heavy (non-hydrogen) atoms. The van der Waals surface area contributed by atoms with Crippen molar-refractivity contribution in [2.24, 2.45) is 0 Å². The third-order valence-electron chi connectivity index (χ3n) is 5.38. The molecule has 1 fully saturated rings. The van der Waals surface area contributed by atoms with Crippen LogP contribution in [0.15, 0.2) is 28.0 Å². The van der Waals surface area contributed by atoms with E-state index in [0.717, 1.165) is 41.3 Å². The number of hydrogen-bond donors (Lipinski definition) is 0. The summed E-state index contributed by atoms with van der Waals surface area (Å²) in [5, 5.41) is 9.60. The Bertz CT molecular complexity index is 1150. The zero-order valence-electron chi connectivity index (χ0n) is 17.8. The number of nitrogens with zero attached hydrogens (tertiary/aromatic N) is 4. The van der Waals surface area contributed by atoms with Gasteiger partial charge in [-0.05, 0) is 50.1 Å². The van der Waals surface area contributed by atoms with Gasteiger partial charge in [0, 0.05) is 44.1 Å². The Morgan fingerprint density at radius 3 is 2.48 bits per heavy atom. The van der Waals surface area contributed by atoms with Gasteiger partial charge in [-0.3, -0.25) is 4.79 Å². The molecule has 0 saturated carbocycles. The third-order valence-corrected chi connectivity index (χ3v) is 8.98. The molecule has 10 heteroatoms. The fourth-order valence-corrected chi connectivity index (χ4v) is 6.76. The molecule has 1 amide bonds. The Hall–Kier alpha value is -2.12. The molecule has 0 N–H and O–H groups in total. The number of sulfonamides is 1. The Morgan fingerprint density at radius 1 is 1.26 bits per heavy atom. The number of aryl methyl sites for hydroxylation is 1. The monoisotopic (exact) mass is 480 g/mol. The van der Waals surface area contributed by atoms with E-state index in [0.29, 0.717) is 4.34 Å². The Balaban J connectivity index is 1.73. The van der Waals surface area contributed by atoms with Crippen molar-refractivity contribution in [2.45, 2.75) is 37.9 Å². The molecule has 1 aliphatic rings. The summed E-state index contributed by atoms with van der Waals surface area (Å²) >= 11 is 6.89. The van der Waals surface area contributed by atoms with Crippen molar-refractivity contribution in [2.75, 3.05) is 26.2 Å². The first-order chi connectivity index (χ1) is 14.7. The van der Waals surface area contributed by atoms with Crippen LogP contribution in [0.3, 0.4) is 0 Å². The highest BCUT2D eigenvalue weighted by atomic mass is 35.5. The predicted octanol–water partition coefficient (Wildman–Crippen LogP) is 3.67. The van der Waals surface area contributed by atoms with E-state index in [1.807, 2.05) is 26.0 Å². The molecule has 2 aromatic rings. The fraction of sp³-hybridized carbons (Fsp3) is 0.429. The molecule has 166 valence electrons. The van der Waals surface area contributed by atoms with Crippen LogP contribution in [0.4, 0.5) is 0 Å². The van der Waals surface area contributed by atoms with Gasteiger partial charge >= 0.3 is 0 Å². The smallest absolute Gasteiger partial charge is 0.264 e. The zero-order chi connectivity index (χ0) is 22.8. The molecule has 0 aliphatic carbocycles. The summed E-state index contributed by atoms with van der Waals surface area (Å²) in [5.74, 6) is -0.376. The van der Waals surface area contributed by atoms with E-state index in [-0.39, 0.29) is 41.9 Å². The topological polar surface area (TPSA) is 86.4 Å². The van der Waals surface area contributed by atoms with Crippen molar-refractivity contribution in [1.82, 2.24) is 13.8 Å². The van der Waals surface area contributed by atoms with Gasteiger partial charge in [0.05, 0.1) is 4.34 Å². The van der Waals surface area contributed by atoms with E-state index in [9.17, 15) is 18.5 Å². The maximum Gasteiger partial charge on any atom is 0.264 e. The van der Waals surface area contributed by atoms with Crippen LogP contribution in [0.1, 0.15) is 30.3 Å². The van der Waals surface area contributed by atoms with Crippen molar-refractivity contribution in [3.05, 3.63) is 45.1 Å². The van der Waals surface area contributed by atoms with Crippen LogP contribution in [-0.2, 0) is 21.4 Å². The number of aromatic nitrogens is 1. The predicted molar refractivity (Wildman–Crippen MR) is 122 cm³/mol. The van der Waals surface area contributed by atoms with E-state index in [4.69, 9.17) is 11.6 Å². The number of amides is 1. The summed E-state index contributed by atoms with van der Waals surface area (Å²) < 4.78 is 29.6. The van der Waals surface area contributed by atoms with E-state index >= 15 is 0 Å². The van der Waals surface area contributed by atoms with Gasteiger partial charge < -0.3 is 9.47 Å². The number of piperazine rings is 1. The lowest BCUT2D eigenvalue weighted by atomic mass is 10.1. The Labute approximate surface area is 192 Å². The van der Waals surface area contributed by atoms with Gasteiger partial charge in [-0.2, -0.15) is 9.57 Å². The van der Waals surface area contributed by atoms with Gasteiger partial charge in [-0.25, -0.2) is 8.42 Å². The standard InChI is InChI=1S/C21H25ClN4O3S2/c1-4-7-26-15(2)12-17(16(26)3)13-18(14-23)21(27)24-8-10-25(11-9-24)31(28,29)20-6-5-19(22)30-20/h5-6,12-13H,4,7-11H2,1-3H3/b18-13+. The summed E-state index contributed by atoms with van der Waals surface area (Å²) in [4.78, 5) is 14.5. The molecule has 7 nitrogen and oxygen atoms in total. The molecule has 0 spiro atoms. The molecule has 0 unspecified atom stereocenters. The number of nitriles is 1. The molecule has 0 bridgehead atoms. The molecule has 1 aliphatic heterocycles. The van der Waals surface area contributed by atoms with Crippen molar-refractivity contribution < 1.29 is 13.2 Å². The van der Waals surface area contributed by atoms with Crippen LogP contribution in [-0.4, -0.2) is 54.3 Å². The molecule has 0 aromatic carbocycles. The van der Waals surface area contributed by atoms with Crippen molar-refractivity contribution in [1.29, 1.82) is 5.26 Å². The van der Waals surface area contributed by atoms with Gasteiger partial charge in [-0.1, -0.05) is 18.5 Å². The second-order valence-electron chi connectivity index (χ2n) is 7.40. The van der Waals surface area contributed by atoms with E-state index in [2.05, 4.69) is 11.5 Å². The first kappa shape index (κ1) is 23.5. The van der Waals surface area contributed by atoms with E-state index < -0.39 is 10.0 Å². The lowest BCUT2D eigenvalue weighted by molar-refractivity contribution is -0.127. The maximum atomic E-state index is 12.9. The van der Waals surface area contributed by atoms with Gasteiger partial charge in [0.25, 0.3) is 15.9 Å². The highest BCUT2D eigenvalue weighted by molar-refractivity contribution is 7.91. The third kappa shape index (κ3) is 4.88. The minimum atomic E-state index is -3.63. The number of carbonyl (C=O) groups is 1. The zero-order valence-corrected chi connectivity index (χ0v) is 20.1. The lowest BCUT2D eigenvalue weighted by Crippen LogP contribution is -2.50. The van der Waals surface area contributed by atoms with Crippen LogP contribution in [0.5, 0.6) is 0 Å². The number of rotatable bonds is 6. The van der Waals surface area contributed by atoms with Crippen LogP contribution < -0.4 is 0 Å². The lowest BCUT2D eigenvalue weighted by Gasteiger charge is -2.33. The van der Waals surface area contributed by atoms with Crippen molar-refractivity contribution in [3.8, 4) is 6.07 Å². The second-order valence-corrected chi connectivity index (χ2v) is 11.3. The molecular weight excluding hydrogens is 456 g/mol. The Morgan fingerprint density at radius 2 is 1.94 bits per heavy atom. The van der Waals surface area contributed by atoms with Crippen LogP contribution in [0, 0.1) is 25.2 Å². The van der Waals surface area contributed by atoms with E-state index in [1.54, 1.807) is 12.1 Å². The van der Waals surface area contributed by atoms with Crippen molar-refractivity contribution >= 4 is 44.9 Å². The molecular formula is C21H25ClN4O3S2. The maximum absolute atomic E-state index is 12.9. The van der Waals surface area contributed by atoms with Gasteiger partial charge in [0.1, 0.15) is 15.9 Å². The molecule has 3 heterocycles.